The van der Waals surface area contributed by atoms with Crippen LogP contribution in [0.15, 0.2) is 18.5 Å². The zero-order valence-electron chi connectivity index (χ0n) is 11.1. The molecule has 1 amide bonds. The van der Waals surface area contributed by atoms with E-state index in [1.165, 1.54) is 5.56 Å². The van der Waals surface area contributed by atoms with Crippen molar-refractivity contribution in [1.29, 1.82) is 0 Å². The molecular formula is C13H21N3O2. The molecule has 0 saturated carbocycles. The van der Waals surface area contributed by atoms with Crippen LogP contribution in [0.2, 0.25) is 0 Å². The van der Waals surface area contributed by atoms with E-state index in [-0.39, 0.29) is 5.91 Å². The normalized spacial score (nSPS) is 17.8. The highest BCUT2D eigenvalue weighted by Crippen LogP contribution is 2.12. The quantitative estimate of drug-likeness (QED) is 0.853. The average Bonchev–Trinajstić information content (AvgIpc) is 2.87. The summed E-state index contributed by atoms with van der Waals surface area (Å²) in [4.78, 5) is 13.9. The van der Waals surface area contributed by atoms with Crippen LogP contribution >= 0.6 is 0 Å². The number of ether oxygens (including phenoxy) is 1. The number of aromatic nitrogens is 1. The molecule has 2 rings (SSSR count). The zero-order chi connectivity index (χ0) is 13.0. The third-order valence-electron chi connectivity index (χ3n) is 3.39. The van der Waals surface area contributed by atoms with E-state index in [4.69, 9.17) is 4.74 Å². The SMILES string of the molecule is CNC(C)c1ccn(CC(=O)N2CCOCC2)c1. The van der Waals surface area contributed by atoms with E-state index in [9.17, 15) is 4.79 Å². The van der Waals surface area contributed by atoms with Crippen molar-refractivity contribution < 1.29 is 9.53 Å². The first kappa shape index (κ1) is 13.1. The van der Waals surface area contributed by atoms with Gasteiger partial charge in [-0.25, -0.2) is 0 Å². The van der Waals surface area contributed by atoms with Gasteiger partial charge in [-0.2, -0.15) is 0 Å². The molecule has 2 heterocycles. The molecule has 0 aromatic carbocycles. The summed E-state index contributed by atoms with van der Waals surface area (Å²) in [7, 11) is 1.93. The maximum atomic E-state index is 12.1. The second-order valence-corrected chi connectivity index (χ2v) is 4.62. The summed E-state index contributed by atoms with van der Waals surface area (Å²) in [6.07, 6.45) is 3.99. The molecule has 100 valence electrons. The Morgan fingerprint density at radius 2 is 2.22 bits per heavy atom. The summed E-state index contributed by atoms with van der Waals surface area (Å²) in [6.45, 7) is 5.23. The standard InChI is InChI=1S/C13H21N3O2/c1-11(14-2)12-3-4-15(9-12)10-13(17)16-5-7-18-8-6-16/h3-4,9,11,14H,5-8,10H2,1-2H3. The van der Waals surface area contributed by atoms with E-state index in [1.807, 2.05) is 35.0 Å². The molecule has 18 heavy (non-hydrogen) atoms. The minimum absolute atomic E-state index is 0.164. The predicted molar refractivity (Wildman–Crippen MR) is 69.3 cm³/mol. The maximum absolute atomic E-state index is 12.1. The van der Waals surface area contributed by atoms with Crippen molar-refractivity contribution >= 4 is 5.91 Å². The summed E-state index contributed by atoms with van der Waals surface area (Å²) in [5.41, 5.74) is 1.20. The second kappa shape index (κ2) is 6.02. The second-order valence-electron chi connectivity index (χ2n) is 4.62. The Labute approximate surface area is 108 Å². The van der Waals surface area contributed by atoms with Crippen LogP contribution in [0.5, 0.6) is 0 Å². The van der Waals surface area contributed by atoms with Crippen LogP contribution in [0.25, 0.3) is 0 Å². The van der Waals surface area contributed by atoms with Crippen molar-refractivity contribution in [2.24, 2.45) is 0 Å². The molecule has 1 aliphatic heterocycles. The fourth-order valence-corrected chi connectivity index (χ4v) is 2.05. The molecule has 1 unspecified atom stereocenters. The molecule has 0 radical (unpaired) electrons. The summed E-state index contributed by atoms with van der Waals surface area (Å²) in [5, 5.41) is 3.19. The third kappa shape index (κ3) is 3.11. The molecule has 1 N–H and O–H groups in total. The van der Waals surface area contributed by atoms with Gasteiger partial charge in [-0.05, 0) is 25.6 Å². The fourth-order valence-electron chi connectivity index (χ4n) is 2.05. The van der Waals surface area contributed by atoms with Crippen molar-refractivity contribution in [2.45, 2.75) is 19.5 Å². The van der Waals surface area contributed by atoms with Crippen LogP contribution in [0.3, 0.4) is 0 Å². The molecule has 1 saturated heterocycles. The molecule has 0 aliphatic carbocycles. The van der Waals surface area contributed by atoms with Gasteiger partial charge in [0, 0.05) is 31.5 Å². The molecule has 5 heteroatoms. The van der Waals surface area contributed by atoms with Gasteiger partial charge in [0.2, 0.25) is 5.91 Å². The van der Waals surface area contributed by atoms with Gasteiger partial charge in [0.05, 0.1) is 13.2 Å². The van der Waals surface area contributed by atoms with Gasteiger partial charge in [-0.1, -0.05) is 0 Å². The Morgan fingerprint density at radius 3 is 2.89 bits per heavy atom. The third-order valence-corrected chi connectivity index (χ3v) is 3.39. The molecule has 0 bridgehead atoms. The van der Waals surface area contributed by atoms with E-state index in [2.05, 4.69) is 12.2 Å². The summed E-state index contributed by atoms with van der Waals surface area (Å²) in [6, 6.07) is 2.36. The number of amides is 1. The number of morpholine rings is 1. The summed E-state index contributed by atoms with van der Waals surface area (Å²) < 4.78 is 7.19. The van der Waals surface area contributed by atoms with Crippen LogP contribution in [0.4, 0.5) is 0 Å². The molecular weight excluding hydrogens is 230 g/mol. The molecule has 1 aliphatic rings. The van der Waals surface area contributed by atoms with Crippen molar-refractivity contribution in [1.82, 2.24) is 14.8 Å². The van der Waals surface area contributed by atoms with E-state index in [1.54, 1.807) is 0 Å². The number of hydrogen-bond donors (Lipinski definition) is 1. The van der Waals surface area contributed by atoms with E-state index >= 15 is 0 Å². The van der Waals surface area contributed by atoms with Gasteiger partial charge in [0.25, 0.3) is 0 Å². The Hall–Kier alpha value is -1.33. The van der Waals surface area contributed by atoms with Gasteiger partial charge in [0.1, 0.15) is 6.54 Å². The van der Waals surface area contributed by atoms with Crippen molar-refractivity contribution in [3.05, 3.63) is 24.0 Å². The minimum Gasteiger partial charge on any atom is -0.378 e. The molecule has 5 nitrogen and oxygen atoms in total. The van der Waals surface area contributed by atoms with Gasteiger partial charge >= 0.3 is 0 Å². The lowest BCUT2D eigenvalue weighted by atomic mass is 10.2. The summed E-state index contributed by atoms with van der Waals surface area (Å²) in [5.74, 6) is 0.164. The highest BCUT2D eigenvalue weighted by atomic mass is 16.5. The lowest BCUT2D eigenvalue weighted by Crippen LogP contribution is -2.42. The smallest absolute Gasteiger partial charge is 0.242 e. The Balaban J connectivity index is 1.92. The van der Waals surface area contributed by atoms with Gasteiger partial charge < -0.3 is 19.5 Å². The van der Waals surface area contributed by atoms with Gasteiger partial charge in [-0.3, -0.25) is 4.79 Å². The molecule has 1 fully saturated rings. The van der Waals surface area contributed by atoms with Crippen LogP contribution < -0.4 is 5.32 Å². The highest BCUT2D eigenvalue weighted by molar-refractivity contribution is 5.76. The van der Waals surface area contributed by atoms with Gasteiger partial charge in [-0.15, -0.1) is 0 Å². The van der Waals surface area contributed by atoms with Crippen molar-refractivity contribution in [3.63, 3.8) is 0 Å². The predicted octanol–water partition coefficient (Wildman–Crippen LogP) is 0.627. The molecule has 1 aromatic heterocycles. The number of hydrogen-bond acceptors (Lipinski definition) is 3. The molecule has 1 atom stereocenters. The Kier molecular flexibility index (Phi) is 4.38. The topological polar surface area (TPSA) is 46.5 Å². The van der Waals surface area contributed by atoms with Crippen LogP contribution in [-0.4, -0.2) is 48.7 Å². The number of rotatable bonds is 4. The van der Waals surface area contributed by atoms with E-state index < -0.39 is 0 Å². The van der Waals surface area contributed by atoms with E-state index in [0.29, 0.717) is 38.9 Å². The summed E-state index contributed by atoms with van der Waals surface area (Å²) >= 11 is 0. The lowest BCUT2D eigenvalue weighted by molar-refractivity contribution is -0.135. The Bertz CT molecular complexity index is 397. The van der Waals surface area contributed by atoms with Crippen molar-refractivity contribution in [3.8, 4) is 0 Å². The minimum atomic E-state index is 0.164. The largest absolute Gasteiger partial charge is 0.378 e. The Morgan fingerprint density at radius 1 is 1.50 bits per heavy atom. The molecule has 0 spiro atoms. The number of nitrogens with one attached hydrogen (secondary N) is 1. The first-order chi connectivity index (χ1) is 8.70. The van der Waals surface area contributed by atoms with Gasteiger partial charge in [0.15, 0.2) is 0 Å². The number of carbonyl (C=O) groups excluding carboxylic acids is 1. The van der Waals surface area contributed by atoms with E-state index in [0.717, 1.165) is 0 Å². The monoisotopic (exact) mass is 251 g/mol. The highest BCUT2D eigenvalue weighted by Gasteiger charge is 2.17. The molecule has 1 aromatic rings. The van der Waals surface area contributed by atoms with Crippen LogP contribution in [-0.2, 0) is 16.1 Å². The first-order valence-electron chi connectivity index (χ1n) is 6.39. The maximum Gasteiger partial charge on any atom is 0.242 e. The van der Waals surface area contributed by atoms with Crippen LogP contribution in [0, 0.1) is 0 Å². The zero-order valence-corrected chi connectivity index (χ0v) is 11.1. The van der Waals surface area contributed by atoms with Crippen LogP contribution in [0.1, 0.15) is 18.5 Å². The fraction of sp³-hybridized carbons (Fsp3) is 0.615. The lowest BCUT2D eigenvalue weighted by Gasteiger charge is -2.26. The number of nitrogens with zero attached hydrogens (tertiary/aromatic N) is 2. The number of carbonyl (C=O) groups is 1. The average molecular weight is 251 g/mol. The van der Waals surface area contributed by atoms with Crippen molar-refractivity contribution in [2.75, 3.05) is 33.4 Å². The first-order valence-corrected chi connectivity index (χ1v) is 6.39.